The fourth-order valence-electron chi connectivity index (χ4n) is 2.17. The molecule has 0 radical (unpaired) electrons. The Kier molecular flexibility index (Phi) is 4.63. The smallest absolute Gasteiger partial charge is 0.213 e. The summed E-state index contributed by atoms with van der Waals surface area (Å²) in [4.78, 5) is 4.21. The third kappa shape index (κ3) is 3.58. The van der Waals surface area contributed by atoms with Gasteiger partial charge >= 0.3 is 0 Å². The summed E-state index contributed by atoms with van der Waals surface area (Å²) in [5.74, 6) is 0.574. The SMILES string of the molecule is OCc1nc(OC2CCCCCC2)ccc1Cl. The maximum absolute atomic E-state index is 9.09. The molecule has 0 spiro atoms. The van der Waals surface area contributed by atoms with Gasteiger partial charge in [0, 0.05) is 6.07 Å². The van der Waals surface area contributed by atoms with Crippen LogP contribution >= 0.6 is 11.6 Å². The number of aliphatic hydroxyl groups excluding tert-OH is 1. The van der Waals surface area contributed by atoms with Gasteiger partial charge in [-0.2, -0.15) is 0 Å². The lowest BCUT2D eigenvalue weighted by Gasteiger charge is -2.16. The number of pyridine rings is 1. The topological polar surface area (TPSA) is 42.4 Å². The molecule has 2 rings (SSSR count). The Morgan fingerprint density at radius 2 is 1.94 bits per heavy atom. The summed E-state index contributed by atoms with van der Waals surface area (Å²) in [6.45, 7) is -0.152. The molecule has 0 amide bonds. The van der Waals surface area contributed by atoms with Gasteiger partial charge in [0.05, 0.1) is 17.3 Å². The van der Waals surface area contributed by atoms with Crippen molar-refractivity contribution >= 4 is 11.6 Å². The van der Waals surface area contributed by atoms with Crippen molar-refractivity contribution < 1.29 is 9.84 Å². The van der Waals surface area contributed by atoms with Crippen molar-refractivity contribution in [3.8, 4) is 5.88 Å². The third-order valence-electron chi connectivity index (χ3n) is 3.13. The fraction of sp³-hybridized carbons (Fsp3) is 0.615. The molecule has 0 atom stereocenters. The van der Waals surface area contributed by atoms with Crippen molar-refractivity contribution in [2.45, 2.75) is 51.2 Å². The van der Waals surface area contributed by atoms with E-state index in [4.69, 9.17) is 21.4 Å². The molecule has 0 bridgehead atoms. The van der Waals surface area contributed by atoms with E-state index in [0.717, 1.165) is 12.8 Å². The van der Waals surface area contributed by atoms with E-state index in [1.165, 1.54) is 25.7 Å². The standard InChI is InChI=1S/C13H18ClNO2/c14-11-7-8-13(15-12(11)9-16)17-10-5-3-1-2-4-6-10/h7-8,10,16H,1-6,9H2. The molecule has 1 aliphatic carbocycles. The second-order valence-corrected chi connectivity index (χ2v) is 4.87. The van der Waals surface area contributed by atoms with Crippen molar-refractivity contribution in [3.05, 3.63) is 22.8 Å². The van der Waals surface area contributed by atoms with Gasteiger partial charge in [-0.25, -0.2) is 4.98 Å². The van der Waals surface area contributed by atoms with E-state index in [2.05, 4.69) is 4.98 Å². The largest absolute Gasteiger partial charge is 0.474 e. The summed E-state index contributed by atoms with van der Waals surface area (Å²) in [6, 6.07) is 3.50. The molecule has 0 aromatic carbocycles. The first-order valence-corrected chi connectivity index (χ1v) is 6.60. The Morgan fingerprint density at radius 3 is 2.59 bits per heavy atom. The second kappa shape index (κ2) is 6.22. The van der Waals surface area contributed by atoms with Crippen LogP contribution in [0.15, 0.2) is 12.1 Å². The molecule has 3 nitrogen and oxygen atoms in total. The minimum absolute atomic E-state index is 0.152. The van der Waals surface area contributed by atoms with Gasteiger partial charge in [-0.1, -0.05) is 24.4 Å². The predicted molar refractivity (Wildman–Crippen MR) is 67.3 cm³/mol. The summed E-state index contributed by atoms with van der Waals surface area (Å²) < 4.78 is 5.85. The summed E-state index contributed by atoms with van der Waals surface area (Å²) >= 11 is 5.89. The summed E-state index contributed by atoms with van der Waals surface area (Å²) in [6.07, 6.45) is 7.51. The van der Waals surface area contributed by atoms with E-state index in [1.54, 1.807) is 12.1 Å². The van der Waals surface area contributed by atoms with E-state index in [9.17, 15) is 0 Å². The van der Waals surface area contributed by atoms with Crippen LogP contribution in [0.1, 0.15) is 44.2 Å². The van der Waals surface area contributed by atoms with Crippen molar-refractivity contribution in [3.63, 3.8) is 0 Å². The number of hydrogen-bond donors (Lipinski definition) is 1. The highest BCUT2D eigenvalue weighted by Crippen LogP contribution is 2.23. The maximum atomic E-state index is 9.09. The van der Waals surface area contributed by atoms with Crippen molar-refractivity contribution in [2.75, 3.05) is 0 Å². The van der Waals surface area contributed by atoms with Gasteiger partial charge in [0.2, 0.25) is 5.88 Å². The number of rotatable bonds is 3. The molecule has 1 N–H and O–H groups in total. The summed E-state index contributed by atoms with van der Waals surface area (Å²) in [7, 11) is 0. The molecule has 0 saturated heterocycles. The van der Waals surface area contributed by atoms with Gasteiger partial charge in [-0.3, -0.25) is 0 Å². The average Bonchev–Trinajstić information content (AvgIpc) is 2.60. The van der Waals surface area contributed by atoms with E-state index >= 15 is 0 Å². The third-order valence-corrected chi connectivity index (χ3v) is 3.48. The molecular weight excluding hydrogens is 238 g/mol. The highest BCUT2D eigenvalue weighted by molar-refractivity contribution is 6.31. The molecular formula is C13H18ClNO2. The fourth-order valence-corrected chi connectivity index (χ4v) is 2.34. The highest BCUT2D eigenvalue weighted by Gasteiger charge is 2.14. The number of aliphatic hydroxyl groups is 1. The Morgan fingerprint density at radius 1 is 1.24 bits per heavy atom. The number of nitrogens with zero attached hydrogens (tertiary/aromatic N) is 1. The van der Waals surface area contributed by atoms with Crippen LogP contribution in [0.2, 0.25) is 5.02 Å². The molecule has 1 aliphatic rings. The zero-order chi connectivity index (χ0) is 12.1. The van der Waals surface area contributed by atoms with Crippen molar-refractivity contribution in [2.24, 2.45) is 0 Å². The molecule has 1 aromatic heterocycles. The predicted octanol–water partition coefficient (Wildman–Crippen LogP) is 3.33. The van der Waals surface area contributed by atoms with Crippen LogP contribution in [0, 0.1) is 0 Å². The second-order valence-electron chi connectivity index (χ2n) is 4.47. The Balaban J connectivity index is 2.01. The quantitative estimate of drug-likeness (QED) is 0.843. The zero-order valence-electron chi connectivity index (χ0n) is 9.86. The molecule has 1 aromatic rings. The van der Waals surface area contributed by atoms with Gasteiger partial charge < -0.3 is 9.84 Å². The minimum atomic E-state index is -0.152. The highest BCUT2D eigenvalue weighted by atomic mass is 35.5. The first kappa shape index (κ1) is 12.7. The van der Waals surface area contributed by atoms with Gasteiger partial charge in [-0.05, 0) is 31.7 Å². The lowest BCUT2D eigenvalue weighted by Crippen LogP contribution is -2.16. The van der Waals surface area contributed by atoms with Gasteiger partial charge in [-0.15, -0.1) is 0 Å². The first-order chi connectivity index (χ1) is 8.29. The van der Waals surface area contributed by atoms with Crippen molar-refractivity contribution in [1.29, 1.82) is 0 Å². The Hall–Kier alpha value is -0.800. The monoisotopic (exact) mass is 255 g/mol. The molecule has 1 saturated carbocycles. The van der Waals surface area contributed by atoms with Gasteiger partial charge in [0.15, 0.2) is 0 Å². The molecule has 17 heavy (non-hydrogen) atoms. The van der Waals surface area contributed by atoms with Crippen LogP contribution in [-0.4, -0.2) is 16.2 Å². The number of ether oxygens (including phenoxy) is 1. The molecule has 0 aliphatic heterocycles. The normalized spacial score (nSPS) is 17.8. The van der Waals surface area contributed by atoms with Crippen molar-refractivity contribution in [1.82, 2.24) is 4.98 Å². The lowest BCUT2D eigenvalue weighted by atomic mass is 10.1. The van der Waals surface area contributed by atoms with E-state index in [0.29, 0.717) is 16.6 Å². The molecule has 1 fully saturated rings. The number of halogens is 1. The maximum Gasteiger partial charge on any atom is 0.213 e. The first-order valence-electron chi connectivity index (χ1n) is 6.22. The van der Waals surface area contributed by atoms with Crippen LogP contribution in [-0.2, 0) is 6.61 Å². The Bertz CT molecular complexity index is 362. The molecule has 0 unspecified atom stereocenters. The van der Waals surface area contributed by atoms with Crippen LogP contribution in [0.5, 0.6) is 5.88 Å². The minimum Gasteiger partial charge on any atom is -0.474 e. The van der Waals surface area contributed by atoms with Gasteiger partial charge in [0.1, 0.15) is 6.10 Å². The van der Waals surface area contributed by atoms with Crippen LogP contribution in [0.25, 0.3) is 0 Å². The van der Waals surface area contributed by atoms with E-state index < -0.39 is 0 Å². The summed E-state index contributed by atoms with van der Waals surface area (Å²) in [5, 5.41) is 9.58. The number of hydrogen-bond acceptors (Lipinski definition) is 3. The molecule has 1 heterocycles. The van der Waals surface area contributed by atoms with Crippen LogP contribution in [0.4, 0.5) is 0 Å². The van der Waals surface area contributed by atoms with E-state index in [1.807, 2.05) is 0 Å². The van der Waals surface area contributed by atoms with Gasteiger partial charge in [0.25, 0.3) is 0 Å². The molecule has 94 valence electrons. The summed E-state index contributed by atoms with van der Waals surface area (Å²) in [5.41, 5.74) is 0.484. The molecule has 4 heteroatoms. The lowest BCUT2D eigenvalue weighted by molar-refractivity contribution is 0.174. The number of aromatic nitrogens is 1. The average molecular weight is 256 g/mol. The van der Waals surface area contributed by atoms with Crippen LogP contribution in [0.3, 0.4) is 0 Å². The van der Waals surface area contributed by atoms with E-state index in [-0.39, 0.29) is 12.7 Å². The zero-order valence-corrected chi connectivity index (χ0v) is 10.6. The van der Waals surface area contributed by atoms with Crippen LogP contribution < -0.4 is 4.74 Å². The Labute approximate surface area is 107 Å².